The highest BCUT2D eigenvalue weighted by atomic mass is 16.4. The van der Waals surface area contributed by atoms with Crippen molar-refractivity contribution in [2.24, 2.45) is 17.8 Å². The van der Waals surface area contributed by atoms with Gasteiger partial charge < -0.3 is 15.3 Å². The second kappa shape index (κ2) is 10.2. The number of carboxylic acid groups (broad SMARTS) is 1. The lowest BCUT2D eigenvalue weighted by molar-refractivity contribution is -0.138. The molecule has 0 spiro atoms. The van der Waals surface area contributed by atoms with Crippen LogP contribution in [0, 0.1) is 24.7 Å². The molecule has 172 valence electrons. The smallest absolute Gasteiger partial charge is 0.307 e. The number of anilines is 2. The van der Waals surface area contributed by atoms with E-state index in [4.69, 9.17) is 0 Å². The molecule has 0 saturated heterocycles. The fraction of sp³-hybridized carbons (Fsp3) is 0.481. The molecule has 5 heteroatoms. The lowest BCUT2D eigenvalue weighted by Crippen LogP contribution is -2.32. The fourth-order valence-electron chi connectivity index (χ4n) is 4.23. The molecule has 5 nitrogen and oxygen atoms in total. The van der Waals surface area contributed by atoms with Gasteiger partial charge in [-0.25, -0.2) is 0 Å². The van der Waals surface area contributed by atoms with E-state index in [1.54, 1.807) is 0 Å². The third-order valence-electron chi connectivity index (χ3n) is 5.83. The molecule has 1 amide bonds. The van der Waals surface area contributed by atoms with Crippen molar-refractivity contribution in [3.63, 3.8) is 0 Å². The molecule has 3 rings (SSSR count). The van der Waals surface area contributed by atoms with E-state index >= 15 is 0 Å². The van der Waals surface area contributed by atoms with Crippen molar-refractivity contribution in [3.8, 4) is 0 Å². The zero-order valence-corrected chi connectivity index (χ0v) is 19.9. The van der Waals surface area contributed by atoms with Crippen molar-refractivity contribution in [2.75, 3.05) is 23.3 Å². The predicted octanol–water partition coefficient (Wildman–Crippen LogP) is 5.48. The van der Waals surface area contributed by atoms with E-state index in [0.717, 1.165) is 35.6 Å². The minimum absolute atomic E-state index is 0.0259. The van der Waals surface area contributed by atoms with Crippen LogP contribution in [0.2, 0.25) is 0 Å². The number of aliphatic carboxylic acids is 1. The summed E-state index contributed by atoms with van der Waals surface area (Å²) in [6.07, 6.45) is 0.965. The lowest BCUT2D eigenvalue weighted by Gasteiger charge is -2.31. The van der Waals surface area contributed by atoms with Crippen molar-refractivity contribution < 1.29 is 14.7 Å². The Morgan fingerprint density at radius 3 is 2.19 bits per heavy atom. The van der Waals surface area contributed by atoms with E-state index in [9.17, 15) is 14.7 Å². The van der Waals surface area contributed by atoms with Gasteiger partial charge in [-0.15, -0.1) is 0 Å². The maximum absolute atomic E-state index is 12.9. The molecule has 2 aromatic carbocycles. The van der Waals surface area contributed by atoms with Crippen molar-refractivity contribution >= 4 is 23.3 Å². The maximum Gasteiger partial charge on any atom is 0.307 e. The number of nitrogens with zero attached hydrogens (tertiary/aromatic N) is 1. The molecule has 1 fully saturated rings. The van der Waals surface area contributed by atoms with Gasteiger partial charge in [0.15, 0.2) is 0 Å². The van der Waals surface area contributed by atoms with Gasteiger partial charge in [0.05, 0.1) is 23.7 Å². The summed E-state index contributed by atoms with van der Waals surface area (Å²) in [5, 5.41) is 12.5. The number of carboxylic acids is 1. The Balaban J connectivity index is 1.88. The molecule has 0 heterocycles. The number of aryl methyl sites for hydroxylation is 1. The molecule has 0 unspecified atom stereocenters. The summed E-state index contributed by atoms with van der Waals surface area (Å²) in [6, 6.07) is 14.1. The topological polar surface area (TPSA) is 69.6 Å². The molecule has 2 aromatic rings. The van der Waals surface area contributed by atoms with Crippen molar-refractivity contribution in [2.45, 2.75) is 53.4 Å². The Hall–Kier alpha value is -2.82. The van der Waals surface area contributed by atoms with Crippen molar-refractivity contribution in [1.82, 2.24) is 0 Å². The average molecular weight is 437 g/mol. The molecule has 2 atom stereocenters. The first-order valence-electron chi connectivity index (χ1n) is 11.6. The number of amides is 1. The van der Waals surface area contributed by atoms with E-state index in [0.29, 0.717) is 24.7 Å². The molecule has 2 N–H and O–H groups in total. The Labute approximate surface area is 191 Å². The largest absolute Gasteiger partial charge is 0.481 e. The lowest BCUT2D eigenvalue weighted by atomic mass is 10.0. The minimum atomic E-state index is -0.745. The number of carbonyl (C=O) groups excluding carboxylic acids is 1. The van der Waals surface area contributed by atoms with Crippen LogP contribution >= 0.6 is 0 Å². The second-order valence-corrected chi connectivity index (χ2v) is 9.97. The number of hydrogen-bond donors (Lipinski definition) is 2. The fourth-order valence-corrected chi connectivity index (χ4v) is 4.23. The predicted molar refractivity (Wildman–Crippen MR) is 130 cm³/mol. The quantitative estimate of drug-likeness (QED) is 0.517. The zero-order chi connectivity index (χ0) is 23.4. The third kappa shape index (κ3) is 6.35. The first-order valence-corrected chi connectivity index (χ1v) is 11.6. The van der Waals surface area contributed by atoms with Gasteiger partial charge in [-0.3, -0.25) is 9.59 Å². The molecule has 0 aromatic heterocycles. The van der Waals surface area contributed by atoms with Crippen LogP contribution in [-0.2, 0) is 16.0 Å². The Kier molecular flexibility index (Phi) is 7.60. The summed E-state index contributed by atoms with van der Waals surface area (Å²) in [6.45, 7) is 12.6. The van der Waals surface area contributed by atoms with E-state index < -0.39 is 5.97 Å². The van der Waals surface area contributed by atoms with Gasteiger partial charge in [0.1, 0.15) is 0 Å². The Morgan fingerprint density at radius 2 is 1.66 bits per heavy atom. The van der Waals surface area contributed by atoms with Gasteiger partial charge in [-0.1, -0.05) is 63.6 Å². The van der Waals surface area contributed by atoms with Crippen LogP contribution in [0.25, 0.3) is 0 Å². The van der Waals surface area contributed by atoms with E-state index in [-0.39, 0.29) is 17.7 Å². The first-order chi connectivity index (χ1) is 15.1. The highest BCUT2D eigenvalue weighted by Crippen LogP contribution is 2.49. The van der Waals surface area contributed by atoms with E-state index in [2.05, 4.69) is 44.0 Å². The second-order valence-electron chi connectivity index (χ2n) is 9.97. The number of hydrogen-bond acceptors (Lipinski definition) is 3. The summed E-state index contributed by atoms with van der Waals surface area (Å²) in [7, 11) is 0. The van der Waals surface area contributed by atoms with Gasteiger partial charge in [0, 0.05) is 13.1 Å². The SMILES string of the molecule is Cc1ccc(CC(=O)Nc2cc([C@H]3C[C@H]3C(=O)O)ccc2N(CC(C)C)CC(C)C)cc1. The van der Waals surface area contributed by atoms with Gasteiger partial charge in [0.2, 0.25) is 5.91 Å². The van der Waals surface area contributed by atoms with Gasteiger partial charge >= 0.3 is 5.97 Å². The normalized spacial score (nSPS) is 17.5. The molecule has 0 aliphatic heterocycles. The van der Waals surface area contributed by atoms with Gasteiger partial charge in [0.25, 0.3) is 0 Å². The van der Waals surface area contributed by atoms with Crippen LogP contribution in [0.15, 0.2) is 42.5 Å². The zero-order valence-electron chi connectivity index (χ0n) is 19.9. The summed E-state index contributed by atoms with van der Waals surface area (Å²) in [5.74, 6) is -0.150. The molecule has 1 saturated carbocycles. The van der Waals surface area contributed by atoms with Crippen LogP contribution in [0.4, 0.5) is 11.4 Å². The summed E-state index contributed by atoms with van der Waals surface area (Å²) < 4.78 is 0. The molecular weight excluding hydrogens is 400 g/mol. The maximum atomic E-state index is 12.9. The van der Waals surface area contributed by atoms with E-state index in [1.165, 1.54) is 5.56 Å². The molecule has 0 radical (unpaired) electrons. The average Bonchev–Trinajstić information content (AvgIpc) is 3.50. The third-order valence-corrected chi connectivity index (χ3v) is 5.83. The van der Waals surface area contributed by atoms with Crippen molar-refractivity contribution in [3.05, 3.63) is 59.2 Å². The summed E-state index contributed by atoms with van der Waals surface area (Å²) in [5.41, 5.74) is 4.90. The van der Waals surface area contributed by atoms with Crippen LogP contribution in [0.1, 0.15) is 56.7 Å². The van der Waals surface area contributed by atoms with Crippen LogP contribution < -0.4 is 10.2 Å². The highest BCUT2D eigenvalue weighted by molar-refractivity contribution is 5.96. The molecule has 32 heavy (non-hydrogen) atoms. The van der Waals surface area contributed by atoms with Crippen LogP contribution in [0.3, 0.4) is 0 Å². The number of nitrogens with one attached hydrogen (secondary N) is 1. The van der Waals surface area contributed by atoms with Gasteiger partial charge in [-0.05, 0) is 54.4 Å². The van der Waals surface area contributed by atoms with E-state index in [1.807, 2.05) is 43.3 Å². The number of rotatable bonds is 10. The van der Waals surface area contributed by atoms with Crippen LogP contribution in [0.5, 0.6) is 0 Å². The first kappa shape index (κ1) is 23.8. The Morgan fingerprint density at radius 1 is 1.03 bits per heavy atom. The minimum Gasteiger partial charge on any atom is -0.481 e. The molecule has 1 aliphatic rings. The van der Waals surface area contributed by atoms with Gasteiger partial charge in [-0.2, -0.15) is 0 Å². The van der Waals surface area contributed by atoms with Crippen LogP contribution in [-0.4, -0.2) is 30.1 Å². The number of carbonyl (C=O) groups is 2. The molecule has 1 aliphatic carbocycles. The van der Waals surface area contributed by atoms with Crippen molar-refractivity contribution in [1.29, 1.82) is 0 Å². The standard InChI is InChI=1S/C27H36N2O3/c1-17(2)15-29(16-18(3)4)25-11-10-21(22-14-23(22)27(31)32)13-24(25)28-26(30)12-20-8-6-19(5)7-9-20/h6-11,13,17-18,22-23H,12,14-16H2,1-5H3,(H,28,30)(H,31,32)/t22-,23-/m1/s1. The molecular formula is C27H36N2O3. The summed E-state index contributed by atoms with van der Waals surface area (Å²) in [4.78, 5) is 26.6. The number of benzene rings is 2. The summed E-state index contributed by atoms with van der Waals surface area (Å²) >= 11 is 0. The monoisotopic (exact) mass is 436 g/mol. The highest BCUT2D eigenvalue weighted by Gasteiger charge is 2.44. The molecule has 0 bridgehead atoms. The Bertz CT molecular complexity index is 940.